The number of nitrogens with zero attached hydrogens (tertiary/aromatic N) is 1. The van der Waals surface area contributed by atoms with Crippen molar-refractivity contribution >= 4 is 16.7 Å². The molecule has 2 N–H and O–H groups in total. The molecule has 2 unspecified atom stereocenters. The van der Waals surface area contributed by atoms with Crippen LogP contribution in [0.4, 0.5) is 0 Å². The highest BCUT2D eigenvalue weighted by Crippen LogP contribution is 2.09. The van der Waals surface area contributed by atoms with Gasteiger partial charge in [-0.05, 0) is 25.8 Å². The number of aliphatic hydroxyl groups is 1. The lowest BCUT2D eigenvalue weighted by Gasteiger charge is -2.26. The van der Waals surface area contributed by atoms with E-state index >= 15 is 0 Å². The molecule has 0 spiro atoms. The van der Waals surface area contributed by atoms with Crippen molar-refractivity contribution < 1.29 is 14.1 Å². The zero-order valence-corrected chi connectivity index (χ0v) is 11.9. The summed E-state index contributed by atoms with van der Waals surface area (Å²) >= 11 is 0. The van der Waals surface area contributed by atoms with Crippen LogP contribution in [0.5, 0.6) is 0 Å². The minimum Gasteiger partial charge on any atom is -0.391 e. The summed E-state index contributed by atoms with van der Waals surface area (Å²) in [5.74, 6) is 0.180. The molecule has 5 nitrogen and oxygen atoms in total. The normalized spacial score (nSPS) is 19.6. The van der Waals surface area contributed by atoms with E-state index in [4.69, 9.17) is 0 Å². The summed E-state index contributed by atoms with van der Waals surface area (Å²) in [6.45, 7) is 4.73. The Kier molecular flexibility index (Phi) is 7.46. The van der Waals surface area contributed by atoms with Crippen LogP contribution in [0.3, 0.4) is 0 Å². The highest BCUT2D eigenvalue weighted by atomic mass is 32.2. The first-order valence-electron chi connectivity index (χ1n) is 6.65. The van der Waals surface area contributed by atoms with E-state index in [1.54, 1.807) is 4.90 Å². The highest BCUT2D eigenvalue weighted by molar-refractivity contribution is 7.85. The van der Waals surface area contributed by atoms with E-state index in [0.29, 0.717) is 6.54 Å². The van der Waals surface area contributed by atoms with Crippen LogP contribution in [-0.4, -0.2) is 63.9 Å². The van der Waals surface area contributed by atoms with Crippen molar-refractivity contribution in [1.29, 1.82) is 0 Å². The van der Waals surface area contributed by atoms with Gasteiger partial charge in [-0.15, -0.1) is 0 Å². The molecule has 0 aromatic heterocycles. The second kappa shape index (κ2) is 8.61. The predicted octanol–water partition coefficient (Wildman–Crippen LogP) is -0.282. The molecule has 0 saturated carbocycles. The number of piperidine rings is 1. The molecular weight excluding hydrogens is 252 g/mol. The van der Waals surface area contributed by atoms with Gasteiger partial charge in [0.15, 0.2) is 0 Å². The second-order valence-corrected chi connectivity index (χ2v) is 6.16. The number of aliphatic hydroxyl groups excluding tert-OH is 1. The predicted molar refractivity (Wildman–Crippen MR) is 72.9 cm³/mol. The van der Waals surface area contributed by atoms with E-state index in [-0.39, 0.29) is 17.4 Å². The molecule has 0 radical (unpaired) electrons. The van der Waals surface area contributed by atoms with Crippen molar-refractivity contribution in [3.8, 4) is 0 Å². The Bertz CT molecular complexity index is 280. The third kappa shape index (κ3) is 5.93. The fourth-order valence-corrected chi connectivity index (χ4v) is 3.14. The number of hydrogen-bond donors (Lipinski definition) is 2. The smallest absolute Gasteiger partial charge is 0.235 e. The van der Waals surface area contributed by atoms with E-state index in [0.717, 1.165) is 32.5 Å². The second-order valence-electron chi connectivity index (χ2n) is 4.65. The lowest BCUT2D eigenvalue weighted by Crippen LogP contribution is -2.39. The number of carbonyl (C=O) groups excluding carboxylic acids is 1. The van der Waals surface area contributed by atoms with Crippen LogP contribution < -0.4 is 5.32 Å². The maximum atomic E-state index is 11.8. The molecule has 1 amide bonds. The molecule has 0 bridgehead atoms. The Morgan fingerprint density at radius 1 is 1.39 bits per heavy atom. The van der Waals surface area contributed by atoms with Crippen molar-refractivity contribution in [2.45, 2.75) is 32.3 Å². The van der Waals surface area contributed by atoms with Gasteiger partial charge < -0.3 is 15.3 Å². The Morgan fingerprint density at radius 2 is 2.06 bits per heavy atom. The summed E-state index contributed by atoms with van der Waals surface area (Å²) in [6, 6.07) is 0. The molecular formula is C12H24N2O3S. The number of rotatable bonds is 7. The molecule has 1 saturated heterocycles. The third-order valence-electron chi connectivity index (χ3n) is 3.00. The summed E-state index contributed by atoms with van der Waals surface area (Å²) in [5.41, 5.74) is 0. The molecule has 0 aliphatic carbocycles. The van der Waals surface area contributed by atoms with E-state index < -0.39 is 16.9 Å². The largest absolute Gasteiger partial charge is 0.391 e. The van der Waals surface area contributed by atoms with Gasteiger partial charge in [-0.2, -0.15) is 0 Å². The minimum absolute atomic E-state index is 0.0383. The van der Waals surface area contributed by atoms with E-state index in [2.05, 4.69) is 5.32 Å². The average Bonchev–Trinajstić information content (AvgIpc) is 2.37. The van der Waals surface area contributed by atoms with Gasteiger partial charge in [-0.1, -0.05) is 6.92 Å². The molecule has 1 aliphatic rings. The molecule has 18 heavy (non-hydrogen) atoms. The molecule has 0 aromatic carbocycles. The number of carbonyl (C=O) groups is 1. The number of amides is 1. The Labute approximate surface area is 111 Å². The van der Waals surface area contributed by atoms with Gasteiger partial charge in [0, 0.05) is 30.4 Å². The first-order chi connectivity index (χ1) is 8.63. The van der Waals surface area contributed by atoms with Crippen LogP contribution >= 0.6 is 0 Å². The Morgan fingerprint density at radius 3 is 2.67 bits per heavy atom. The maximum absolute atomic E-state index is 11.8. The molecule has 2 atom stereocenters. The topological polar surface area (TPSA) is 69.6 Å². The van der Waals surface area contributed by atoms with Crippen molar-refractivity contribution in [2.75, 3.05) is 37.7 Å². The zero-order chi connectivity index (χ0) is 13.4. The molecule has 1 heterocycles. The quantitative estimate of drug-likeness (QED) is 0.671. The minimum atomic E-state index is -1.27. The van der Waals surface area contributed by atoms with Crippen molar-refractivity contribution in [3.63, 3.8) is 0 Å². The SMILES string of the molecule is CCNCC(O)CS(=O)CC(=O)N1CCCCC1. The lowest BCUT2D eigenvalue weighted by molar-refractivity contribution is -0.129. The molecule has 6 heteroatoms. The number of likely N-dealkylation sites (tertiary alicyclic amines) is 1. The molecule has 1 rings (SSSR count). The van der Waals surface area contributed by atoms with Gasteiger partial charge in [0.25, 0.3) is 0 Å². The van der Waals surface area contributed by atoms with Crippen LogP contribution in [0.25, 0.3) is 0 Å². The molecule has 1 fully saturated rings. The molecule has 106 valence electrons. The summed E-state index contributed by atoms with van der Waals surface area (Å²) in [6.07, 6.45) is 2.62. The summed E-state index contributed by atoms with van der Waals surface area (Å²) < 4.78 is 11.7. The molecule has 1 aliphatic heterocycles. The van der Waals surface area contributed by atoms with Crippen molar-refractivity contribution in [2.24, 2.45) is 0 Å². The van der Waals surface area contributed by atoms with Gasteiger partial charge in [0.2, 0.25) is 5.91 Å². The Hall–Kier alpha value is -0.460. The van der Waals surface area contributed by atoms with Crippen LogP contribution in [-0.2, 0) is 15.6 Å². The van der Waals surface area contributed by atoms with Gasteiger partial charge in [-0.3, -0.25) is 9.00 Å². The first kappa shape index (κ1) is 15.6. The molecule has 0 aromatic rings. The van der Waals surface area contributed by atoms with E-state index in [1.165, 1.54) is 6.42 Å². The van der Waals surface area contributed by atoms with Gasteiger partial charge >= 0.3 is 0 Å². The fourth-order valence-electron chi connectivity index (χ4n) is 2.02. The number of likely N-dealkylation sites (N-methyl/N-ethyl adjacent to an activating group) is 1. The van der Waals surface area contributed by atoms with E-state index in [9.17, 15) is 14.1 Å². The van der Waals surface area contributed by atoms with Gasteiger partial charge in [-0.25, -0.2) is 0 Å². The third-order valence-corrected chi connectivity index (χ3v) is 4.33. The fraction of sp³-hybridized carbons (Fsp3) is 0.917. The summed E-state index contributed by atoms with van der Waals surface area (Å²) in [5, 5.41) is 12.6. The monoisotopic (exact) mass is 276 g/mol. The maximum Gasteiger partial charge on any atom is 0.235 e. The van der Waals surface area contributed by atoms with Gasteiger partial charge in [0.1, 0.15) is 5.75 Å². The lowest BCUT2D eigenvalue weighted by atomic mass is 10.1. The van der Waals surface area contributed by atoms with Crippen LogP contribution in [0.1, 0.15) is 26.2 Å². The van der Waals surface area contributed by atoms with Crippen molar-refractivity contribution in [3.05, 3.63) is 0 Å². The standard InChI is InChI=1S/C12H24N2O3S/c1-2-13-8-11(15)9-18(17)10-12(16)14-6-4-3-5-7-14/h11,13,15H,2-10H2,1H3. The van der Waals surface area contributed by atoms with Crippen LogP contribution in [0, 0.1) is 0 Å². The number of nitrogens with one attached hydrogen (secondary N) is 1. The average molecular weight is 276 g/mol. The zero-order valence-electron chi connectivity index (χ0n) is 11.1. The highest BCUT2D eigenvalue weighted by Gasteiger charge is 2.19. The summed E-state index contributed by atoms with van der Waals surface area (Å²) in [4.78, 5) is 13.6. The number of hydrogen-bond acceptors (Lipinski definition) is 4. The van der Waals surface area contributed by atoms with Crippen LogP contribution in [0.2, 0.25) is 0 Å². The van der Waals surface area contributed by atoms with Gasteiger partial charge in [0.05, 0.1) is 11.9 Å². The van der Waals surface area contributed by atoms with Crippen molar-refractivity contribution in [1.82, 2.24) is 10.2 Å². The summed E-state index contributed by atoms with van der Waals surface area (Å²) in [7, 11) is -1.27. The van der Waals surface area contributed by atoms with Crippen LogP contribution in [0.15, 0.2) is 0 Å². The Balaban J connectivity index is 2.23. The van der Waals surface area contributed by atoms with E-state index in [1.807, 2.05) is 6.92 Å². The first-order valence-corrected chi connectivity index (χ1v) is 8.13.